The van der Waals surface area contributed by atoms with Crippen molar-refractivity contribution in [3.63, 3.8) is 0 Å². The van der Waals surface area contributed by atoms with Gasteiger partial charge in [-0.3, -0.25) is 4.79 Å². The predicted octanol–water partition coefficient (Wildman–Crippen LogP) is 5.64. The summed E-state index contributed by atoms with van der Waals surface area (Å²) >= 11 is 0. The first kappa shape index (κ1) is 26.7. The molecule has 0 bridgehead atoms. The minimum Gasteiger partial charge on any atom is -0.506 e. The Labute approximate surface area is 223 Å². The smallest absolute Gasteiger partial charge is 0.211 e. The van der Waals surface area contributed by atoms with Crippen LogP contribution >= 0.6 is 0 Å². The highest BCUT2D eigenvalue weighted by Gasteiger charge is 2.11. The number of aliphatic hydroxyl groups is 1. The summed E-state index contributed by atoms with van der Waals surface area (Å²) < 4.78 is 5.84. The topological polar surface area (TPSA) is 103 Å². The van der Waals surface area contributed by atoms with Crippen LogP contribution in [-0.4, -0.2) is 36.3 Å². The number of phenolic OH excluding ortho intramolecular Hbond substituents is 1. The van der Waals surface area contributed by atoms with Gasteiger partial charge in [-0.25, -0.2) is 0 Å². The predicted molar refractivity (Wildman–Crippen MR) is 152 cm³/mol. The number of carbonyl (C=O) groups excluding carboxylic acids is 1. The van der Waals surface area contributed by atoms with Crippen LogP contribution in [0.2, 0.25) is 0 Å². The van der Waals surface area contributed by atoms with E-state index in [9.17, 15) is 15.0 Å². The van der Waals surface area contributed by atoms with Gasteiger partial charge in [-0.15, -0.1) is 0 Å². The highest BCUT2D eigenvalue weighted by molar-refractivity contribution is 5.77. The van der Waals surface area contributed by atoms with E-state index in [4.69, 9.17) is 4.74 Å². The molecule has 0 aromatic heterocycles. The maximum atomic E-state index is 10.7. The van der Waals surface area contributed by atoms with Gasteiger partial charge in [-0.2, -0.15) is 0 Å². The molecule has 0 heterocycles. The number of rotatable bonds is 13. The number of nitrogens with one attached hydrogen (secondary N) is 3. The van der Waals surface area contributed by atoms with Gasteiger partial charge in [0.25, 0.3) is 0 Å². The molecule has 0 saturated carbocycles. The first-order valence-corrected chi connectivity index (χ1v) is 12.7. The molecule has 0 spiro atoms. The van der Waals surface area contributed by atoms with Crippen LogP contribution in [0.15, 0.2) is 91.0 Å². The lowest BCUT2D eigenvalue weighted by Crippen LogP contribution is -2.23. The average Bonchev–Trinajstić information content (AvgIpc) is 2.94. The van der Waals surface area contributed by atoms with Crippen molar-refractivity contribution in [2.24, 2.45) is 0 Å². The highest BCUT2D eigenvalue weighted by Crippen LogP contribution is 2.34. The third-order valence-corrected chi connectivity index (χ3v) is 6.15. The van der Waals surface area contributed by atoms with E-state index in [0.717, 1.165) is 34.7 Å². The summed E-state index contributed by atoms with van der Waals surface area (Å²) in [5, 5.41) is 29.4. The Morgan fingerprint density at radius 2 is 1.68 bits per heavy atom. The molecule has 0 aliphatic heterocycles. The van der Waals surface area contributed by atoms with E-state index in [2.05, 4.69) is 58.4 Å². The molecule has 7 heteroatoms. The van der Waals surface area contributed by atoms with Gasteiger partial charge < -0.3 is 30.9 Å². The third kappa shape index (κ3) is 7.12. The Kier molecular flexibility index (Phi) is 9.34. The van der Waals surface area contributed by atoms with Crippen molar-refractivity contribution in [2.45, 2.75) is 19.4 Å². The van der Waals surface area contributed by atoms with Crippen molar-refractivity contribution in [2.75, 3.05) is 30.3 Å². The molecule has 4 aromatic carbocycles. The zero-order chi connectivity index (χ0) is 26.7. The van der Waals surface area contributed by atoms with E-state index in [0.29, 0.717) is 31.7 Å². The van der Waals surface area contributed by atoms with Crippen molar-refractivity contribution >= 4 is 23.5 Å². The van der Waals surface area contributed by atoms with E-state index in [1.54, 1.807) is 12.1 Å². The van der Waals surface area contributed by atoms with Crippen molar-refractivity contribution in [1.29, 1.82) is 0 Å². The molecule has 7 nitrogen and oxygen atoms in total. The molecule has 0 fully saturated rings. The van der Waals surface area contributed by atoms with Crippen LogP contribution in [-0.2, 0) is 11.2 Å². The molecular formula is C31H33N3O4. The molecule has 0 radical (unpaired) electrons. The molecule has 1 atom stereocenters. The van der Waals surface area contributed by atoms with E-state index >= 15 is 0 Å². The SMILES string of the molecule is CCOc1ccc(Nc2ccc(CCNC[C@H](O)c3ccc(O)c(NC=O)c3)cc2)cc1-c1ccccc1. The number of ether oxygens (including phenoxy) is 1. The van der Waals surface area contributed by atoms with Gasteiger partial charge in [0, 0.05) is 23.5 Å². The van der Waals surface area contributed by atoms with Crippen LogP contribution in [0.25, 0.3) is 11.1 Å². The van der Waals surface area contributed by atoms with E-state index in [1.807, 2.05) is 37.3 Å². The zero-order valence-corrected chi connectivity index (χ0v) is 21.4. The van der Waals surface area contributed by atoms with Crippen LogP contribution in [0.3, 0.4) is 0 Å². The summed E-state index contributed by atoms with van der Waals surface area (Å²) in [6, 6.07) is 29.3. The molecule has 4 rings (SSSR count). The fourth-order valence-electron chi connectivity index (χ4n) is 4.18. The number of aliphatic hydroxyl groups excluding tert-OH is 1. The number of phenols is 1. The summed E-state index contributed by atoms with van der Waals surface area (Å²) in [5.74, 6) is 0.818. The highest BCUT2D eigenvalue weighted by atomic mass is 16.5. The monoisotopic (exact) mass is 511 g/mol. The Morgan fingerprint density at radius 1 is 0.921 bits per heavy atom. The summed E-state index contributed by atoms with van der Waals surface area (Å²) in [4.78, 5) is 10.7. The lowest BCUT2D eigenvalue weighted by molar-refractivity contribution is -0.105. The number of benzene rings is 4. The fourth-order valence-corrected chi connectivity index (χ4v) is 4.18. The van der Waals surface area contributed by atoms with Crippen LogP contribution in [0.1, 0.15) is 24.2 Å². The quantitative estimate of drug-likeness (QED) is 0.0905. The van der Waals surface area contributed by atoms with Gasteiger partial charge >= 0.3 is 0 Å². The first-order valence-electron chi connectivity index (χ1n) is 12.7. The van der Waals surface area contributed by atoms with Crippen molar-refractivity contribution < 1.29 is 19.7 Å². The van der Waals surface area contributed by atoms with E-state index < -0.39 is 6.10 Å². The van der Waals surface area contributed by atoms with Crippen molar-refractivity contribution in [3.05, 3.63) is 102 Å². The molecule has 196 valence electrons. The number of anilines is 3. The standard InChI is InChI=1S/C31H33N3O4/c1-2-38-31-15-13-26(19-27(31)23-6-4-3-5-7-23)34-25-11-8-22(9-12-25)16-17-32-20-30(37)24-10-14-29(36)28(18-24)33-21-35/h3-15,18-19,21,30,32,34,36-37H,2,16-17,20H2,1H3,(H,33,35)/t30-/m0/s1. The maximum Gasteiger partial charge on any atom is 0.211 e. The Hall–Kier alpha value is -4.33. The van der Waals surface area contributed by atoms with Gasteiger partial charge in [-0.05, 0) is 79.0 Å². The van der Waals surface area contributed by atoms with Gasteiger partial charge in [0.2, 0.25) is 6.41 Å². The van der Waals surface area contributed by atoms with Crippen LogP contribution < -0.4 is 20.7 Å². The van der Waals surface area contributed by atoms with Gasteiger partial charge in [0.1, 0.15) is 11.5 Å². The second-order valence-corrected chi connectivity index (χ2v) is 8.84. The molecule has 1 amide bonds. The maximum absolute atomic E-state index is 10.7. The molecule has 0 aliphatic rings. The van der Waals surface area contributed by atoms with Crippen LogP contribution in [0.5, 0.6) is 11.5 Å². The number of hydrogen-bond donors (Lipinski definition) is 5. The second-order valence-electron chi connectivity index (χ2n) is 8.84. The summed E-state index contributed by atoms with van der Waals surface area (Å²) in [6.07, 6.45) is 0.538. The van der Waals surface area contributed by atoms with Gasteiger partial charge in [0.05, 0.1) is 18.4 Å². The van der Waals surface area contributed by atoms with Gasteiger partial charge in [-0.1, -0.05) is 48.5 Å². The largest absolute Gasteiger partial charge is 0.506 e. The van der Waals surface area contributed by atoms with Crippen molar-refractivity contribution in [3.8, 4) is 22.6 Å². The Balaban J connectivity index is 1.30. The third-order valence-electron chi connectivity index (χ3n) is 6.15. The molecule has 0 unspecified atom stereocenters. The molecule has 5 N–H and O–H groups in total. The summed E-state index contributed by atoms with van der Waals surface area (Å²) in [6.45, 7) is 3.64. The lowest BCUT2D eigenvalue weighted by atomic mass is 10.0. The minimum atomic E-state index is -0.760. The van der Waals surface area contributed by atoms with E-state index in [1.165, 1.54) is 11.6 Å². The molecule has 0 aliphatic carbocycles. The summed E-state index contributed by atoms with van der Waals surface area (Å²) in [7, 11) is 0. The van der Waals surface area contributed by atoms with Crippen LogP contribution in [0, 0.1) is 0 Å². The normalized spacial score (nSPS) is 11.5. The number of aromatic hydroxyl groups is 1. The fraction of sp³-hybridized carbons (Fsp3) is 0.194. The number of amides is 1. The molecule has 0 saturated heterocycles. The lowest BCUT2D eigenvalue weighted by Gasteiger charge is -2.15. The molecule has 4 aromatic rings. The van der Waals surface area contributed by atoms with Crippen molar-refractivity contribution in [1.82, 2.24) is 5.32 Å². The zero-order valence-electron chi connectivity index (χ0n) is 21.4. The minimum absolute atomic E-state index is 0.0434. The number of hydrogen-bond acceptors (Lipinski definition) is 6. The molecular weight excluding hydrogens is 478 g/mol. The van der Waals surface area contributed by atoms with E-state index in [-0.39, 0.29) is 11.4 Å². The van der Waals surface area contributed by atoms with Gasteiger partial charge in [0.15, 0.2) is 0 Å². The second kappa shape index (κ2) is 13.3. The van der Waals surface area contributed by atoms with Crippen LogP contribution in [0.4, 0.5) is 17.1 Å². The Morgan fingerprint density at radius 3 is 2.42 bits per heavy atom. The first-order chi connectivity index (χ1) is 18.6. The molecule has 38 heavy (non-hydrogen) atoms. The Bertz CT molecular complexity index is 1330. The summed E-state index contributed by atoms with van der Waals surface area (Å²) in [5.41, 5.74) is 6.19. The average molecular weight is 512 g/mol. The number of carbonyl (C=O) groups is 1.